The molecule has 170 valence electrons. The fraction of sp³-hybridized carbons (Fsp3) is 0.741. The first-order valence-corrected chi connectivity index (χ1v) is 12.6. The maximum absolute atomic E-state index is 11.1. The summed E-state index contributed by atoms with van der Waals surface area (Å²) in [5, 5.41) is 23.1. The SMILES string of the molecule is CCCCCCCCCCCCCCCCCC(O)(NCCC#N)c1ccccc1. The highest BCUT2D eigenvalue weighted by Gasteiger charge is 2.27. The smallest absolute Gasteiger partial charge is 0.142 e. The number of hydrogen-bond donors (Lipinski definition) is 2. The van der Waals surface area contributed by atoms with Crippen LogP contribution in [0.15, 0.2) is 30.3 Å². The van der Waals surface area contributed by atoms with Gasteiger partial charge in [0.15, 0.2) is 0 Å². The number of aliphatic hydroxyl groups is 1. The second-order valence-corrected chi connectivity index (χ2v) is 8.76. The van der Waals surface area contributed by atoms with Crippen molar-refractivity contribution in [3.05, 3.63) is 35.9 Å². The molecule has 30 heavy (non-hydrogen) atoms. The Morgan fingerprint density at radius 2 is 1.23 bits per heavy atom. The maximum atomic E-state index is 11.1. The van der Waals surface area contributed by atoms with E-state index >= 15 is 0 Å². The van der Waals surface area contributed by atoms with Gasteiger partial charge in [0.25, 0.3) is 0 Å². The molecule has 3 heteroatoms. The summed E-state index contributed by atoms with van der Waals surface area (Å²) < 4.78 is 0. The minimum absolute atomic E-state index is 0.411. The molecule has 0 radical (unpaired) electrons. The molecule has 0 amide bonds. The van der Waals surface area contributed by atoms with Gasteiger partial charge in [-0.25, -0.2) is 0 Å². The quantitative estimate of drug-likeness (QED) is 0.171. The van der Waals surface area contributed by atoms with Gasteiger partial charge in [-0.1, -0.05) is 127 Å². The number of nitrogens with zero attached hydrogens (tertiary/aromatic N) is 1. The van der Waals surface area contributed by atoms with Crippen LogP contribution in [0.25, 0.3) is 0 Å². The Morgan fingerprint density at radius 1 is 0.767 bits per heavy atom. The highest BCUT2D eigenvalue weighted by Crippen LogP contribution is 2.25. The lowest BCUT2D eigenvalue weighted by atomic mass is 9.95. The summed E-state index contributed by atoms with van der Waals surface area (Å²) >= 11 is 0. The normalized spacial score (nSPS) is 13.1. The summed E-state index contributed by atoms with van der Waals surface area (Å²) in [6.45, 7) is 2.79. The Balaban J connectivity index is 2.05. The van der Waals surface area contributed by atoms with Crippen molar-refractivity contribution < 1.29 is 5.11 Å². The summed E-state index contributed by atoms with van der Waals surface area (Å²) in [6, 6.07) is 11.9. The first-order chi connectivity index (χ1) is 14.7. The first kappa shape index (κ1) is 26.7. The van der Waals surface area contributed by atoms with Gasteiger partial charge < -0.3 is 5.11 Å². The molecule has 0 spiro atoms. The predicted molar refractivity (Wildman–Crippen MR) is 128 cm³/mol. The summed E-state index contributed by atoms with van der Waals surface area (Å²) in [7, 11) is 0. The minimum atomic E-state index is -1.02. The van der Waals surface area contributed by atoms with Gasteiger partial charge in [-0.15, -0.1) is 0 Å². The van der Waals surface area contributed by atoms with Gasteiger partial charge in [0.05, 0.1) is 6.07 Å². The highest BCUT2D eigenvalue weighted by molar-refractivity contribution is 5.21. The molecule has 2 N–H and O–H groups in total. The van der Waals surface area contributed by atoms with Gasteiger partial charge in [-0.3, -0.25) is 5.32 Å². The van der Waals surface area contributed by atoms with Crippen LogP contribution >= 0.6 is 0 Å². The van der Waals surface area contributed by atoms with E-state index in [0.29, 0.717) is 19.4 Å². The first-order valence-electron chi connectivity index (χ1n) is 12.6. The van der Waals surface area contributed by atoms with E-state index in [-0.39, 0.29) is 0 Å². The van der Waals surface area contributed by atoms with Crippen LogP contribution in [-0.4, -0.2) is 11.7 Å². The zero-order chi connectivity index (χ0) is 21.8. The number of hydrogen-bond acceptors (Lipinski definition) is 3. The molecule has 0 saturated carbocycles. The molecular formula is C27H46N2O. The van der Waals surface area contributed by atoms with E-state index in [0.717, 1.165) is 18.4 Å². The minimum Gasteiger partial charge on any atom is -0.372 e. The van der Waals surface area contributed by atoms with Gasteiger partial charge in [0, 0.05) is 13.0 Å². The molecule has 0 aliphatic rings. The van der Waals surface area contributed by atoms with E-state index in [9.17, 15) is 5.11 Å². The third kappa shape index (κ3) is 13.0. The summed E-state index contributed by atoms with van der Waals surface area (Å²) in [4.78, 5) is 0. The molecule has 1 atom stereocenters. The standard InChI is InChI=1S/C27H46N2O/c1-2-3-4-5-6-7-8-9-10-11-12-13-14-15-19-23-27(30,29-25-20-24-28)26-21-17-16-18-22-26/h16-18,21-22,29-30H,2-15,19-20,23,25H2,1H3. The van der Waals surface area contributed by atoms with Crippen molar-refractivity contribution >= 4 is 0 Å². The average molecular weight is 415 g/mol. The van der Waals surface area contributed by atoms with Gasteiger partial charge in [-0.05, 0) is 18.4 Å². The molecular weight excluding hydrogens is 368 g/mol. The van der Waals surface area contributed by atoms with Crippen LogP contribution in [0.1, 0.15) is 122 Å². The number of benzene rings is 1. The van der Waals surface area contributed by atoms with Crippen LogP contribution in [-0.2, 0) is 5.72 Å². The van der Waals surface area contributed by atoms with E-state index in [4.69, 9.17) is 5.26 Å². The van der Waals surface area contributed by atoms with Crippen molar-refractivity contribution in [2.45, 2.75) is 122 Å². The molecule has 1 rings (SSSR count). The van der Waals surface area contributed by atoms with Crippen molar-refractivity contribution in [1.29, 1.82) is 5.26 Å². The zero-order valence-electron chi connectivity index (χ0n) is 19.5. The van der Waals surface area contributed by atoms with Gasteiger partial charge >= 0.3 is 0 Å². The van der Waals surface area contributed by atoms with Crippen molar-refractivity contribution in [3.8, 4) is 6.07 Å². The molecule has 1 aromatic carbocycles. The number of rotatable bonds is 20. The maximum Gasteiger partial charge on any atom is 0.142 e. The molecule has 0 aliphatic heterocycles. The average Bonchev–Trinajstić information content (AvgIpc) is 2.77. The van der Waals surface area contributed by atoms with Crippen molar-refractivity contribution in [1.82, 2.24) is 5.32 Å². The van der Waals surface area contributed by atoms with Crippen molar-refractivity contribution in [3.63, 3.8) is 0 Å². The Bertz CT molecular complexity index is 540. The van der Waals surface area contributed by atoms with E-state index in [1.807, 2.05) is 30.3 Å². The van der Waals surface area contributed by atoms with E-state index in [1.165, 1.54) is 83.5 Å². The topological polar surface area (TPSA) is 56.0 Å². The van der Waals surface area contributed by atoms with Crippen LogP contribution < -0.4 is 5.32 Å². The predicted octanol–water partition coefficient (Wildman–Crippen LogP) is 7.60. The van der Waals surface area contributed by atoms with Crippen molar-refractivity contribution in [2.75, 3.05) is 6.54 Å². The monoisotopic (exact) mass is 414 g/mol. The Morgan fingerprint density at radius 3 is 1.70 bits per heavy atom. The van der Waals surface area contributed by atoms with Crippen LogP contribution in [0.3, 0.4) is 0 Å². The van der Waals surface area contributed by atoms with Crippen LogP contribution in [0.4, 0.5) is 0 Å². The fourth-order valence-electron chi connectivity index (χ4n) is 4.13. The molecule has 1 aromatic rings. The van der Waals surface area contributed by atoms with Crippen LogP contribution in [0.5, 0.6) is 0 Å². The molecule has 0 aliphatic carbocycles. The largest absolute Gasteiger partial charge is 0.372 e. The Kier molecular flexibility index (Phi) is 16.4. The molecule has 0 aromatic heterocycles. The summed E-state index contributed by atoms with van der Waals surface area (Å²) in [6.07, 6.45) is 21.2. The number of nitriles is 1. The molecule has 1 unspecified atom stereocenters. The molecule has 3 nitrogen and oxygen atoms in total. The third-order valence-corrected chi connectivity index (χ3v) is 6.05. The van der Waals surface area contributed by atoms with Crippen LogP contribution in [0, 0.1) is 11.3 Å². The molecule has 0 fully saturated rings. The lowest BCUT2D eigenvalue weighted by Gasteiger charge is -2.30. The van der Waals surface area contributed by atoms with E-state index in [1.54, 1.807) is 0 Å². The fourth-order valence-corrected chi connectivity index (χ4v) is 4.13. The van der Waals surface area contributed by atoms with Gasteiger partial charge in [0.2, 0.25) is 0 Å². The van der Waals surface area contributed by atoms with E-state index in [2.05, 4.69) is 18.3 Å². The van der Waals surface area contributed by atoms with Crippen molar-refractivity contribution in [2.24, 2.45) is 0 Å². The molecule has 0 saturated heterocycles. The van der Waals surface area contributed by atoms with Gasteiger partial charge in [0.1, 0.15) is 5.72 Å². The summed E-state index contributed by atoms with van der Waals surface area (Å²) in [5.41, 5.74) is -0.123. The van der Waals surface area contributed by atoms with E-state index < -0.39 is 5.72 Å². The highest BCUT2D eigenvalue weighted by atomic mass is 16.3. The Labute approximate surface area is 186 Å². The van der Waals surface area contributed by atoms with Gasteiger partial charge in [-0.2, -0.15) is 5.26 Å². The second-order valence-electron chi connectivity index (χ2n) is 8.76. The lowest BCUT2D eigenvalue weighted by molar-refractivity contribution is -0.00978. The molecule has 0 bridgehead atoms. The zero-order valence-corrected chi connectivity index (χ0v) is 19.5. The number of unbranched alkanes of at least 4 members (excludes halogenated alkanes) is 14. The summed E-state index contributed by atoms with van der Waals surface area (Å²) in [5.74, 6) is 0. The lowest BCUT2D eigenvalue weighted by Crippen LogP contribution is -2.42. The third-order valence-electron chi connectivity index (χ3n) is 6.05. The molecule has 0 heterocycles. The Hall–Kier alpha value is -1.37. The number of nitrogens with one attached hydrogen (secondary N) is 1. The second kappa shape index (κ2) is 18.4. The van der Waals surface area contributed by atoms with Crippen LogP contribution in [0.2, 0.25) is 0 Å².